The van der Waals surface area contributed by atoms with Gasteiger partial charge in [0.05, 0.1) is 12.2 Å². The lowest BCUT2D eigenvalue weighted by Gasteiger charge is -2.20. The molecule has 1 atom stereocenters. The molecule has 0 aliphatic heterocycles. The van der Waals surface area contributed by atoms with Crippen LogP contribution in [-0.4, -0.2) is 23.9 Å². The van der Waals surface area contributed by atoms with Crippen LogP contribution in [0.1, 0.15) is 18.9 Å². The Morgan fingerprint density at radius 3 is 2.81 bits per heavy atom. The summed E-state index contributed by atoms with van der Waals surface area (Å²) in [7, 11) is 0. The molecular formula is C12H18FNO2. The van der Waals surface area contributed by atoms with E-state index in [1.807, 2.05) is 0 Å². The predicted molar refractivity (Wildman–Crippen MR) is 60.9 cm³/mol. The fourth-order valence-corrected chi connectivity index (χ4v) is 1.21. The molecule has 0 aliphatic carbocycles. The molecule has 0 heterocycles. The first-order valence-electron chi connectivity index (χ1n) is 5.26. The summed E-state index contributed by atoms with van der Waals surface area (Å²) in [6.07, 6.45) is 0.372. The highest BCUT2D eigenvalue weighted by Crippen LogP contribution is 2.20. The highest BCUT2D eigenvalue weighted by molar-refractivity contribution is 5.30. The monoisotopic (exact) mass is 227 g/mol. The molecule has 0 aromatic heterocycles. The maximum Gasteiger partial charge on any atom is 0.167 e. The standard InChI is InChI=1S/C12H18FNO2/c1-9-4-3-5-10(11(9)13)16-7-6-12(2,15)8-14/h3-5,15H,6-8,14H2,1-2H3. The second-order valence-corrected chi connectivity index (χ2v) is 4.19. The Bertz CT molecular complexity index is 353. The first kappa shape index (κ1) is 12.9. The van der Waals surface area contributed by atoms with Crippen molar-refractivity contribution in [3.05, 3.63) is 29.6 Å². The molecule has 16 heavy (non-hydrogen) atoms. The van der Waals surface area contributed by atoms with Gasteiger partial charge in [0.25, 0.3) is 0 Å². The van der Waals surface area contributed by atoms with Gasteiger partial charge < -0.3 is 15.6 Å². The van der Waals surface area contributed by atoms with E-state index in [9.17, 15) is 9.50 Å². The lowest BCUT2D eigenvalue weighted by molar-refractivity contribution is 0.0448. The van der Waals surface area contributed by atoms with Crippen molar-refractivity contribution in [2.24, 2.45) is 5.73 Å². The molecule has 1 aromatic carbocycles. The summed E-state index contributed by atoms with van der Waals surface area (Å²) in [6.45, 7) is 3.71. The van der Waals surface area contributed by atoms with Crippen molar-refractivity contribution in [1.82, 2.24) is 0 Å². The van der Waals surface area contributed by atoms with E-state index in [0.29, 0.717) is 12.0 Å². The topological polar surface area (TPSA) is 55.5 Å². The van der Waals surface area contributed by atoms with E-state index in [0.717, 1.165) is 0 Å². The van der Waals surface area contributed by atoms with Crippen LogP contribution in [0.15, 0.2) is 18.2 Å². The molecule has 1 rings (SSSR count). The summed E-state index contributed by atoms with van der Waals surface area (Å²) >= 11 is 0. The van der Waals surface area contributed by atoms with Crippen LogP contribution in [0.2, 0.25) is 0 Å². The quantitative estimate of drug-likeness (QED) is 0.803. The summed E-state index contributed by atoms with van der Waals surface area (Å²) in [5.74, 6) is -0.136. The molecule has 0 spiro atoms. The highest BCUT2D eigenvalue weighted by Gasteiger charge is 2.18. The van der Waals surface area contributed by atoms with Gasteiger partial charge in [-0.15, -0.1) is 0 Å². The third-order valence-electron chi connectivity index (χ3n) is 2.49. The Morgan fingerprint density at radius 1 is 1.50 bits per heavy atom. The first-order valence-corrected chi connectivity index (χ1v) is 5.26. The summed E-state index contributed by atoms with van der Waals surface area (Å²) in [5, 5.41) is 9.63. The van der Waals surface area contributed by atoms with Gasteiger partial charge in [0.15, 0.2) is 11.6 Å². The van der Waals surface area contributed by atoms with Crippen LogP contribution in [0.3, 0.4) is 0 Å². The van der Waals surface area contributed by atoms with Gasteiger partial charge in [-0.3, -0.25) is 0 Å². The Kier molecular flexibility index (Phi) is 4.26. The third-order valence-corrected chi connectivity index (χ3v) is 2.49. The van der Waals surface area contributed by atoms with E-state index in [-0.39, 0.29) is 24.7 Å². The molecule has 3 nitrogen and oxygen atoms in total. The molecule has 0 radical (unpaired) electrons. The fourth-order valence-electron chi connectivity index (χ4n) is 1.21. The molecule has 3 N–H and O–H groups in total. The van der Waals surface area contributed by atoms with Gasteiger partial charge in [0.2, 0.25) is 0 Å². The Labute approximate surface area is 95.0 Å². The normalized spacial score (nSPS) is 14.6. The van der Waals surface area contributed by atoms with Crippen molar-refractivity contribution < 1.29 is 14.2 Å². The molecule has 1 aromatic rings. The maximum atomic E-state index is 13.5. The molecule has 1 unspecified atom stereocenters. The maximum absolute atomic E-state index is 13.5. The van der Waals surface area contributed by atoms with Gasteiger partial charge in [0, 0.05) is 13.0 Å². The van der Waals surface area contributed by atoms with E-state index >= 15 is 0 Å². The van der Waals surface area contributed by atoms with Crippen LogP contribution >= 0.6 is 0 Å². The molecular weight excluding hydrogens is 209 g/mol. The zero-order valence-electron chi connectivity index (χ0n) is 9.66. The summed E-state index contributed by atoms with van der Waals surface area (Å²) in [5.41, 5.74) is 4.95. The second-order valence-electron chi connectivity index (χ2n) is 4.19. The van der Waals surface area contributed by atoms with Crippen LogP contribution in [0.5, 0.6) is 5.75 Å². The zero-order valence-corrected chi connectivity index (χ0v) is 9.66. The number of ether oxygens (including phenoxy) is 1. The zero-order chi connectivity index (χ0) is 12.2. The van der Waals surface area contributed by atoms with E-state index in [2.05, 4.69) is 0 Å². The van der Waals surface area contributed by atoms with Crippen molar-refractivity contribution in [1.29, 1.82) is 0 Å². The average molecular weight is 227 g/mol. The van der Waals surface area contributed by atoms with E-state index in [1.165, 1.54) is 0 Å². The van der Waals surface area contributed by atoms with Crippen LogP contribution < -0.4 is 10.5 Å². The minimum Gasteiger partial charge on any atom is -0.490 e. The summed E-state index contributed by atoms with van der Waals surface area (Å²) in [6, 6.07) is 4.98. The summed E-state index contributed by atoms with van der Waals surface area (Å²) in [4.78, 5) is 0. The minimum absolute atomic E-state index is 0.159. The highest BCUT2D eigenvalue weighted by atomic mass is 19.1. The molecule has 0 aliphatic rings. The third kappa shape index (κ3) is 3.47. The molecule has 90 valence electrons. The van der Waals surface area contributed by atoms with E-state index in [1.54, 1.807) is 32.0 Å². The molecule has 0 fully saturated rings. The fraction of sp³-hybridized carbons (Fsp3) is 0.500. The molecule has 0 bridgehead atoms. The van der Waals surface area contributed by atoms with Crippen molar-refractivity contribution in [3.8, 4) is 5.75 Å². The number of benzene rings is 1. The van der Waals surface area contributed by atoms with Gasteiger partial charge in [-0.25, -0.2) is 4.39 Å². The van der Waals surface area contributed by atoms with Crippen molar-refractivity contribution in [2.75, 3.05) is 13.2 Å². The number of aryl methyl sites for hydroxylation is 1. The SMILES string of the molecule is Cc1cccc(OCCC(C)(O)CN)c1F. The predicted octanol–water partition coefficient (Wildman–Crippen LogP) is 1.61. The number of hydrogen-bond donors (Lipinski definition) is 2. The minimum atomic E-state index is -0.958. The van der Waals surface area contributed by atoms with Crippen molar-refractivity contribution in [2.45, 2.75) is 25.9 Å². The second kappa shape index (κ2) is 5.27. The van der Waals surface area contributed by atoms with Gasteiger partial charge in [-0.1, -0.05) is 12.1 Å². The van der Waals surface area contributed by atoms with Crippen LogP contribution in [-0.2, 0) is 0 Å². The van der Waals surface area contributed by atoms with Crippen molar-refractivity contribution >= 4 is 0 Å². The van der Waals surface area contributed by atoms with E-state index in [4.69, 9.17) is 10.5 Å². The molecule has 4 heteroatoms. The smallest absolute Gasteiger partial charge is 0.167 e. The largest absolute Gasteiger partial charge is 0.490 e. The number of halogens is 1. The Morgan fingerprint density at radius 2 is 2.19 bits per heavy atom. The number of aliphatic hydroxyl groups is 1. The number of rotatable bonds is 5. The Hall–Kier alpha value is -1.13. The van der Waals surface area contributed by atoms with Crippen molar-refractivity contribution in [3.63, 3.8) is 0 Å². The summed E-state index contributed by atoms with van der Waals surface area (Å²) < 4.78 is 18.8. The van der Waals surface area contributed by atoms with Gasteiger partial charge in [-0.05, 0) is 25.5 Å². The van der Waals surface area contributed by atoms with Crippen LogP contribution in [0, 0.1) is 12.7 Å². The average Bonchev–Trinajstić information content (AvgIpc) is 2.24. The van der Waals surface area contributed by atoms with Gasteiger partial charge in [0.1, 0.15) is 0 Å². The molecule has 0 saturated carbocycles. The lowest BCUT2D eigenvalue weighted by atomic mass is 10.0. The van der Waals surface area contributed by atoms with Crippen LogP contribution in [0.4, 0.5) is 4.39 Å². The van der Waals surface area contributed by atoms with Crippen LogP contribution in [0.25, 0.3) is 0 Å². The van der Waals surface area contributed by atoms with Gasteiger partial charge >= 0.3 is 0 Å². The van der Waals surface area contributed by atoms with Gasteiger partial charge in [-0.2, -0.15) is 0 Å². The number of nitrogens with two attached hydrogens (primary N) is 1. The van der Waals surface area contributed by atoms with E-state index < -0.39 is 5.60 Å². The first-order chi connectivity index (χ1) is 7.46. The molecule has 0 amide bonds. The number of hydrogen-bond acceptors (Lipinski definition) is 3. The molecule has 0 saturated heterocycles. The Balaban J connectivity index is 2.53. The lowest BCUT2D eigenvalue weighted by Crippen LogP contribution is -2.35.